The monoisotopic (exact) mass is 427 g/mol. The number of benzene rings is 1. The van der Waals surface area contributed by atoms with Crippen molar-refractivity contribution in [3.05, 3.63) is 34.9 Å². The largest absolute Gasteiger partial charge is 0.352 e. The first-order valence-corrected chi connectivity index (χ1v) is 11.8. The van der Waals surface area contributed by atoms with Crippen molar-refractivity contribution in [1.82, 2.24) is 13.9 Å². The molecule has 0 unspecified atom stereocenters. The first-order valence-electron chi connectivity index (χ1n) is 10.0. The van der Waals surface area contributed by atoms with E-state index in [2.05, 4.69) is 19.2 Å². The van der Waals surface area contributed by atoms with Crippen LogP contribution in [-0.4, -0.2) is 49.1 Å². The fraction of sp³-hybridized carbons (Fsp3) is 0.650. The van der Waals surface area contributed by atoms with Crippen LogP contribution in [0.3, 0.4) is 0 Å². The van der Waals surface area contributed by atoms with E-state index < -0.39 is 10.2 Å². The average molecular weight is 428 g/mol. The first-order chi connectivity index (χ1) is 13.3. The molecular weight excluding hydrogens is 398 g/mol. The topological polar surface area (TPSA) is 69.7 Å². The summed E-state index contributed by atoms with van der Waals surface area (Å²) < 4.78 is 29.4. The Morgan fingerprint density at radius 1 is 1.14 bits per heavy atom. The summed E-state index contributed by atoms with van der Waals surface area (Å²) in [5, 5.41) is 3.53. The molecule has 2 saturated heterocycles. The Balaban J connectivity index is 1.61. The predicted octanol–water partition coefficient (Wildman–Crippen LogP) is 2.89. The van der Waals surface area contributed by atoms with E-state index in [9.17, 15) is 13.2 Å². The van der Waals surface area contributed by atoms with Crippen LogP contribution in [0.15, 0.2) is 24.3 Å². The predicted molar refractivity (Wildman–Crippen MR) is 111 cm³/mol. The molecule has 1 N–H and O–H groups in total. The van der Waals surface area contributed by atoms with Gasteiger partial charge < -0.3 is 5.32 Å². The van der Waals surface area contributed by atoms with Crippen molar-refractivity contribution in [2.75, 3.05) is 26.2 Å². The minimum Gasteiger partial charge on any atom is -0.352 e. The van der Waals surface area contributed by atoms with E-state index in [1.54, 1.807) is 10.4 Å². The molecule has 2 heterocycles. The van der Waals surface area contributed by atoms with Gasteiger partial charge >= 0.3 is 0 Å². The van der Waals surface area contributed by atoms with Gasteiger partial charge in [0.1, 0.15) is 0 Å². The van der Waals surface area contributed by atoms with Gasteiger partial charge in [-0.3, -0.25) is 4.79 Å². The maximum atomic E-state index is 13.1. The van der Waals surface area contributed by atoms with Crippen LogP contribution in [0.25, 0.3) is 0 Å². The zero-order valence-corrected chi connectivity index (χ0v) is 18.2. The van der Waals surface area contributed by atoms with Gasteiger partial charge in [-0.15, -0.1) is 0 Å². The maximum Gasteiger partial charge on any atom is 0.282 e. The van der Waals surface area contributed by atoms with Crippen molar-refractivity contribution >= 4 is 27.7 Å². The highest BCUT2D eigenvalue weighted by atomic mass is 35.5. The highest BCUT2D eigenvalue weighted by Gasteiger charge is 2.38. The number of hydrogen-bond donors (Lipinski definition) is 1. The summed E-state index contributed by atoms with van der Waals surface area (Å²) in [4.78, 5) is 12.6. The van der Waals surface area contributed by atoms with Crippen molar-refractivity contribution in [2.45, 2.75) is 39.7 Å². The number of amides is 1. The van der Waals surface area contributed by atoms with Crippen LogP contribution in [0.5, 0.6) is 0 Å². The van der Waals surface area contributed by atoms with Gasteiger partial charge in [0.15, 0.2) is 0 Å². The summed E-state index contributed by atoms with van der Waals surface area (Å²) in [5.74, 6) is 0.280. The van der Waals surface area contributed by atoms with E-state index in [1.165, 1.54) is 4.31 Å². The SMILES string of the molecule is C[C@@H]1C[C@H](C)CN(S(=O)(=O)N2CCC[C@@H](C(=O)NCc3ccccc3Cl)C2)C1. The Labute approximate surface area is 173 Å². The first kappa shape index (κ1) is 21.6. The molecule has 3 atom stereocenters. The van der Waals surface area contributed by atoms with Crippen LogP contribution in [-0.2, 0) is 21.5 Å². The number of piperidine rings is 2. The summed E-state index contributed by atoms with van der Waals surface area (Å²) in [6.45, 7) is 6.40. The Morgan fingerprint density at radius 2 is 1.82 bits per heavy atom. The normalized spacial score (nSPS) is 27.5. The summed E-state index contributed by atoms with van der Waals surface area (Å²) >= 11 is 6.14. The third-order valence-corrected chi connectivity index (χ3v) is 7.96. The van der Waals surface area contributed by atoms with Crippen LogP contribution in [0.4, 0.5) is 0 Å². The van der Waals surface area contributed by atoms with E-state index in [4.69, 9.17) is 11.6 Å². The number of halogens is 1. The van der Waals surface area contributed by atoms with Crippen LogP contribution >= 0.6 is 11.6 Å². The molecule has 8 heteroatoms. The van der Waals surface area contributed by atoms with Gasteiger partial charge in [-0.25, -0.2) is 0 Å². The fourth-order valence-electron chi connectivity index (χ4n) is 4.29. The molecule has 3 rings (SSSR count). The third kappa shape index (κ3) is 5.06. The zero-order chi connectivity index (χ0) is 20.3. The second-order valence-corrected chi connectivity index (χ2v) is 10.6. The summed E-state index contributed by atoms with van der Waals surface area (Å²) in [6.07, 6.45) is 2.45. The summed E-state index contributed by atoms with van der Waals surface area (Å²) in [6, 6.07) is 7.39. The lowest BCUT2D eigenvalue weighted by Gasteiger charge is -2.39. The molecule has 0 saturated carbocycles. The zero-order valence-electron chi connectivity index (χ0n) is 16.6. The van der Waals surface area contributed by atoms with Crippen molar-refractivity contribution in [1.29, 1.82) is 0 Å². The summed E-state index contributed by atoms with van der Waals surface area (Å²) in [7, 11) is -3.53. The molecule has 6 nitrogen and oxygen atoms in total. The number of nitrogens with zero attached hydrogens (tertiary/aromatic N) is 2. The highest BCUT2D eigenvalue weighted by Crippen LogP contribution is 2.27. The van der Waals surface area contributed by atoms with Gasteiger partial charge in [0.2, 0.25) is 5.91 Å². The second kappa shape index (κ2) is 9.11. The molecule has 0 aromatic heterocycles. The molecule has 0 spiro atoms. The Hall–Kier alpha value is -1.15. The summed E-state index contributed by atoms with van der Waals surface area (Å²) in [5.41, 5.74) is 0.856. The second-order valence-electron chi connectivity index (χ2n) is 8.28. The lowest BCUT2D eigenvalue weighted by atomic mass is 9.94. The van der Waals surface area contributed by atoms with Gasteiger partial charge in [0.25, 0.3) is 10.2 Å². The maximum absolute atomic E-state index is 13.1. The van der Waals surface area contributed by atoms with E-state index in [-0.39, 0.29) is 18.4 Å². The van der Waals surface area contributed by atoms with Crippen LogP contribution < -0.4 is 5.32 Å². The molecule has 1 aromatic carbocycles. The van der Waals surface area contributed by atoms with Crippen LogP contribution in [0.2, 0.25) is 5.02 Å². The Morgan fingerprint density at radius 3 is 2.50 bits per heavy atom. The number of rotatable bonds is 5. The van der Waals surface area contributed by atoms with Gasteiger partial charge in [-0.05, 0) is 42.7 Å². The molecule has 1 amide bonds. The van der Waals surface area contributed by atoms with Crippen molar-refractivity contribution in [2.24, 2.45) is 17.8 Å². The van der Waals surface area contributed by atoms with Gasteiger partial charge in [0, 0.05) is 37.7 Å². The molecule has 2 fully saturated rings. The smallest absolute Gasteiger partial charge is 0.282 e. The van der Waals surface area contributed by atoms with Crippen LogP contribution in [0.1, 0.15) is 38.7 Å². The quantitative estimate of drug-likeness (QED) is 0.785. The standard InChI is InChI=1S/C20H30ClN3O3S/c1-15-10-16(2)13-24(12-15)28(26,27)23-9-5-7-18(14-23)20(25)22-11-17-6-3-4-8-19(17)21/h3-4,6,8,15-16,18H,5,7,9-14H2,1-2H3,(H,22,25)/t15-,16+,18-/m1/s1. The van der Waals surface area contributed by atoms with E-state index in [0.29, 0.717) is 55.9 Å². The molecule has 0 aliphatic carbocycles. The minimum absolute atomic E-state index is 0.111. The van der Waals surface area contributed by atoms with Gasteiger partial charge in [0.05, 0.1) is 5.92 Å². The molecule has 156 valence electrons. The highest BCUT2D eigenvalue weighted by molar-refractivity contribution is 7.86. The number of carbonyl (C=O) groups is 1. The Kier molecular flexibility index (Phi) is 7.02. The van der Waals surface area contributed by atoms with Crippen LogP contribution in [0, 0.1) is 17.8 Å². The van der Waals surface area contributed by atoms with E-state index >= 15 is 0 Å². The Bertz CT molecular complexity index is 792. The minimum atomic E-state index is -3.53. The lowest BCUT2D eigenvalue weighted by molar-refractivity contribution is -0.126. The van der Waals surface area contributed by atoms with Gasteiger partial charge in [-0.1, -0.05) is 43.6 Å². The van der Waals surface area contributed by atoms with Crippen molar-refractivity contribution in [3.63, 3.8) is 0 Å². The van der Waals surface area contributed by atoms with Gasteiger partial charge in [-0.2, -0.15) is 17.0 Å². The molecule has 2 aliphatic heterocycles. The number of carbonyl (C=O) groups excluding carboxylic acids is 1. The molecule has 28 heavy (non-hydrogen) atoms. The number of nitrogens with one attached hydrogen (secondary N) is 1. The molecule has 2 aliphatic rings. The lowest BCUT2D eigenvalue weighted by Crippen LogP contribution is -2.53. The molecule has 0 radical (unpaired) electrons. The molecule has 0 bridgehead atoms. The number of hydrogen-bond acceptors (Lipinski definition) is 3. The fourth-order valence-corrected chi connectivity index (χ4v) is 6.43. The molecular formula is C20H30ClN3O3S. The third-order valence-electron chi connectivity index (χ3n) is 5.65. The molecule has 1 aromatic rings. The average Bonchev–Trinajstić information content (AvgIpc) is 2.66. The van der Waals surface area contributed by atoms with E-state index in [1.807, 2.05) is 18.2 Å². The van der Waals surface area contributed by atoms with Crippen molar-refractivity contribution < 1.29 is 13.2 Å². The van der Waals surface area contributed by atoms with E-state index in [0.717, 1.165) is 12.0 Å². The van der Waals surface area contributed by atoms with Crippen molar-refractivity contribution in [3.8, 4) is 0 Å².